The molecule has 0 aromatic carbocycles. The van der Waals surface area contributed by atoms with Gasteiger partial charge < -0.3 is 18.9 Å². The maximum atomic E-state index is 5.76. The Kier molecular flexibility index (Phi) is 10.3. The van der Waals surface area contributed by atoms with Gasteiger partial charge in [0.1, 0.15) is 31.8 Å². The third kappa shape index (κ3) is 8.90. The van der Waals surface area contributed by atoms with Crippen molar-refractivity contribution in [1.82, 2.24) is 4.98 Å². The highest BCUT2D eigenvalue weighted by Gasteiger charge is 2.33. The highest BCUT2D eigenvalue weighted by molar-refractivity contribution is 6.87. The third-order valence-corrected chi connectivity index (χ3v) is 9.13. The summed E-state index contributed by atoms with van der Waals surface area (Å²) in [5.41, 5.74) is 4.61. The molecule has 6 heteroatoms. The lowest BCUT2D eigenvalue weighted by molar-refractivity contribution is 0.0179. The monoisotopic (exact) mass is 403 g/mol. The molecular formula is C22H33NO4Si. The second kappa shape index (κ2) is 11.9. The Morgan fingerprint density at radius 1 is 0.964 bits per heavy atom. The second-order valence-electron chi connectivity index (χ2n) is 7.91. The molecule has 0 aliphatic heterocycles. The molecule has 5 nitrogen and oxygen atoms in total. The molecule has 1 rings (SSSR count). The summed E-state index contributed by atoms with van der Waals surface area (Å²) in [6.07, 6.45) is 5.53. The van der Waals surface area contributed by atoms with Crippen LogP contribution in [-0.2, 0) is 14.2 Å². The maximum absolute atomic E-state index is 5.76. The first-order valence-electron chi connectivity index (χ1n) is 9.49. The Morgan fingerprint density at radius 2 is 1.54 bits per heavy atom. The Balaban J connectivity index is 2.58. The number of hydrogen-bond donors (Lipinski definition) is 0. The zero-order valence-corrected chi connectivity index (χ0v) is 19.1. The number of nitrogens with zero attached hydrogens (tertiary/aromatic N) is 1. The van der Waals surface area contributed by atoms with Gasteiger partial charge in [0.15, 0.2) is 0 Å². The van der Waals surface area contributed by atoms with E-state index in [1.807, 2.05) is 6.07 Å². The molecule has 154 valence electrons. The predicted octanol–water partition coefficient (Wildman–Crippen LogP) is 3.52. The van der Waals surface area contributed by atoms with Gasteiger partial charge in [-0.05, 0) is 5.04 Å². The molecule has 0 fully saturated rings. The van der Waals surface area contributed by atoms with Crippen LogP contribution in [0, 0.1) is 23.8 Å². The van der Waals surface area contributed by atoms with Crippen LogP contribution in [0.3, 0.4) is 0 Å². The van der Waals surface area contributed by atoms with Crippen LogP contribution < -0.4 is 4.74 Å². The van der Waals surface area contributed by atoms with Gasteiger partial charge in [-0.15, -0.1) is 12.0 Å². The van der Waals surface area contributed by atoms with Crippen molar-refractivity contribution in [3.05, 3.63) is 23.5 Å². The van der Waals surface area contributed by atoms with Gasteiger partial charge in [-0.25, -0.2) is 4.98 Å². The van der Waals surface area contributed by atoms with Crippen LogP contribution in [0.15, 0.2) is 12.1 Å². The van der Waals surface area contributed by atoms with Gasteiger partial charge in [0.2, 0.25) is 0 Å². The third-order valence-electron chi connectivity index (χ3n) is 4.63. The van der Waals surface area contributed by atoms with Crippen LogP contribution in [0.4, 0.5) is 0 Å². The molecule has 0 spiro atoms. The Labute approximate surface area is 171 Å². The zero-order valence-electron chi connectivity index (χ0n) is 18.1. The number of hydrogen-bond acceptors (Lipinski definition) is 5. The van der Waals surface area contributed by atoms with Crippen LogP contribution in [0.1, 0.15) is 32.2 Å². The lowest BCUT2D eigenvalue weighted by Crippen LogP contribution is -2.35. The molecule has 0 amide bonds. The molecule has 1 aromatic rings. The summed E-state index contributed by atoms with van der Waals surface area (Å²) in [5.74, 6) is 6.43. The van der Waals surface area contributed by atoms with Gasteiger partial charge in [0, 0.05) is 19.2 Å². The fourth-order valence-corrected chi connectivity index (χ4v) is 2.63. The Morgan fingerprint density at radius 3 is 2.11 bits per heavy atom. The molecule has 1 heterocycles. The van der Waals surface area contributed by atoms with E-state index in [2.05, 4.69) is 56.2 Å². The van der Waals surface area contributed by atoms with E-state index in [1.165, 1.54) is 0 Å². The minimum Gasteiger partial charge on any atom is -0.491 e. The molecule has 0 saturated heterocycles. The van der Waals surface area contributed by atoms with Crippen molar-refractivity contribution in [3.8, 4) is 29.6 Å². The zero-order chi connectivity index (χ0) is 21.0. The van der Waals surface area contributed by atoms with Crippen LogP contribution in [0.25, 0.3) is 0 Å². The van der Waals surface area contributed by atoms with E-state index in [0.717, 1.165) is 0 Å². The van der Waals surface area contributed by atoms with Crippen LogP contribution in [0.2, 0.25) is 18.1 Å². The minimum atomic E-state index is -1.72. The lowest BCUT2D eigenvalue weighted by atomic mass is 10.2. The number of methoxy groups -OCH3 is 1. The molecule has 0 bridgehead atoms. The van der Waals surface area contributed by atoms with Gasteiger partial charge in [0.25, 0.3) is 0 Å². The van der Waals surface area contributed by atoms with E-state index in [9.17, 15) is 0 Å². The second-order valence-corrected chi connectivity index (χ2v) is 12.9. The molecule has 0 aliphatic carbocycles. The summed E-state index contributed by atoms with van der Waals surface area (Å²) >= 11 is 0. The number of pyridine rings is 1. The number of rotatable bonds is 10. The normalized spacial score (nSPS) is 11.5. The van der Waals surface area contributed by atoms with E-state index in [-0.39, 0.29) is 5.04 Å². The van der Waals surface area contributed by atoms with Crippen LogP contribution in [-0.4, -0.2) is 59.8 Å². The summed E-state index contributed by atoms with van der Waals surface area (Å²) < 4.78 is 21.5. The summed E-state index contributed by atoms with van der Waals surface area (Å²) in [7, 11) is -0.0735. The van der Waals surface area contributed by atoms with Crippen LogP contribution in [0.5, 0.6) is 5.75 Å². The van der Waals surface area contributed by atoms with E-state index >= 15 is 0 Å². The fraction of sp³-hybridized carbons (Fsp3) is 0.591. The average Bonchev–Trinajstić information content (AvgIpc) is 2.64. The quantitative estimate of drug-likeness (QED) is 0.340. The van der Waals surface area contributed by atoms with E-state index in [1.54, 1.807) is 13.2 Å². The van der Waals surface area contributed by atoms with E-state index < -0.39 is 8.07 Å². The first-order valence-corrected chi connectivity index (χ1v) is 12.5. The van der Waals surface area contributed by atoms with Crippen molar-refractivity contribution in [2.75, 3.05) is 46.8 Å². The smallest absolute Gasteiger partial charge is 0.138 e. The number of ether oxygens (including phenoxy) is 4. The summed E-state index contributed by atoms with van der Waals surface area (Å²) in [5, 5.41) is 0.188. The van der Waals surface area contributed by atoms with Crippen molar-refractivity contribution in [3.63, 3.8) is 0 Å². The summed E-state index contributed by atoms with van der Waals surface area (Å²) in [4.78, 5) is 4.40. The molecule has 0 unspecified atom stereocenters. The minimum absolute atomic E-state index is 0.188. The van der Waals surface area contributed by atoms with Gasteiger partial charge >= 0.3 is 0 Å². The van der Waals surface area contributed by atoms with Gasteiger partial charge in [-0.1, -0.05) is 45.7 Å². The first kappa shape index (κ1) is 24.2. The van der Waals surface area contributed by atoms with E-state index in [0.29, 0.717) is 56.8 Å². The SMILES string of the molecule is C#Cc1cc(OCCOCCOCCOC)cc(C#C[Si](C)(C)C(C)(C)C)n1. The van der Waals surface area contributed by atoms with Crippen molar-refractivity contribution < 1.29 is 18.9 Å². The molecule has 1 aromatic heterocycles. The highest BCUT2D eigenvalue weighted by Crippen LogP contribution is 2.35. The summed E-state index contributed by atoms with van der Waals surface area (Å²) in [6, 6.07) is 3.57. The maximum Gasteiger partial charge on any atom is 0.138 e. The number of terminal acetylenes is 1. The summed E-state index contributed by atoms with van der Waals surface area (Å²) in [6.45, 7) is 14.3. The topological polar surface area (TPSA) is 49.8 Å². The molecule has 0 atom stereocenters. The van der Waals surface area contributed by atoms with Crippen molar-refractivity contribution in [2.45, 2.75) is 38.9 Å². The van der Waals surface area contributed by atoms with Gasteiger partial charge in [-0.3, -0.25) is 0 Å². The first-order chi connectivity index (χ1) is 13.2. The van der Waals surface area contributed by atoms with Crippen molar-refractivity contribution in [1.29, 1.82) is 0 Å². The largest absolute Gasteiger partial charge is 0.491 e. The van der Waals surface area contributed by atoms with Crippen LogP contribution >= 0.6 is 0 Å². The van der Waals surface area contributed by atoms with Crippen molar-refractivity contribution in [2.24, 2.45) is 0 Å². The van der Waals surface area contributed by atoms with Gasteiger partial charge in [-0.2, -0.15) is 0 Å². The average molecular weight is 404 g/mol. The predicted molar refractivity (Wildman–Crippen MR) is 115 cm³/mol. The molecule has 0 saturated carbocycles. The Hall–Kier alpha value is -1.83. The lowest BCUT2D eigenvalue weighted by Gasteiger charge is -2.31. The highest BCUT2D eigenvalue weighted by atomic mass is 28.3. The van der Waals surface area contributed by atoms with Crippen molar-refractivity contribution >= 4 is 8.07 Å². The number of aromatic nitrogens is 1. The standard InChI is InChI=1S/C22H33NO4Si/c1-8-19-17-21(27-15-14-26-13-12-25-11-10-24-5)18-20(23-19)9-16-28(6,7)22(2,3)4/h1,17-18H,10-15H2,2-7H3. The Bertz CT molecular complexity index is 708. The fourth-order valence-electron chi connectivity index (χ4n) is 1.82. The molecule has 0 radical (unpaired) electrons. The molecule has 28 heavy (non-hydrogen) atoms. The van der Waals surface area contributed by atoms with Gasteiger partial charge in [0.05, 0.1) is 33.0 Å². The van der Waals surface area contributed by atoms with E-state index in [4.69, 9.17) is 25.4 Å². The molecule has 0 N–H and O–H groups in total. The molecular weight excluding hydrogens is 370 g/mol. The molecule has 0 aliphatic rings.